The van der Waals surface area contributed by atoms with Gasteiger partial charge in [-0.15, -0.1) is 11.3 Å². The SMILES string of the molecule is CCc1cc2c(Nc3ccccc3C)nc(Cc3ccccc3)nc2s1. The lowest BCUT2D eigenvalue weighted by Gasteiger charge is -2.11. The number of anilines is 2. The van der Waals surface area contributed by atoms with Gasteiger partial charge in [0.1, 0.15) is 16.5 Å². The van der Waals surface area contributed by atoms with Gasteiger partial charge in [0.05, 0.1) is 5.39 Å². The van der Waals surface area contributed by atoms with Gasteiger partial charge in [0.25, 0.3) is 0 Å². The first kappa shape index (κ1) is 16.7. The molecule has 3 nitrogen and oxygen atoms in total. The number of nitrogens with one attached hydrogen (secondary N) is 1. The lowest BCUT2D eigenvalue weighted by Crippen LogP contribution is -2.02. The second-order valence-corrected chi connectivity index (χ2v) is 7.49. The lowest BCUT2D eigenvalue weighted by atomic mass is 10.1. The van der Waals surface area contributed by atoms with Crippen molar-refractivity contribution in [3.63, 3.8) is 0 Å². The highest BCUT2D eigenvalue weighted by molar-refractivity contribution is 7.18. The Morgan fingerprint density at radius 1 is 0.962 bits per heavy atom. The van der Waals surface area contributed by atoms with Crippen LogP contribution in [0.5, 0.6) is 0 Å². The van der Waals surface area contributed by atoms with Crippen molar-refractivity contribution >= 4 is 33.1 Å². The smallest absolute Gasteiger partial charge is 0.142 e. The Balaban J connectivity index is 1.78. The highest BCUT2D eigenvalue weighted by Crippen LogP contribution is 2.32. The topological polar surface area (TPSA) is 37.8 Å². The Morgan fingerprint density at radius 2 is 1.73 bits per heavy atom. The summed E-state index contributed by atoms with van der Waals surface area (Å²) in [5, 5.41) is 4.64. The second-order valence-electron chi connectivity index (χ2n) is 6.38. The van der Waals surface area contributed by atoms with E-state index in [0.717, 1.165) is 40.4 Å². The van der Waals surface area contributed by atoms with E-state index in [1.165, 1.54) is 16.0 Å². The Bertz CT molecular complexity index is 1040. The molecule has 0 unspecified atom stereocenters. The van der Waals surface area contributed by atoms with Crippen molar-refractivity contribution in [2.75, 3.05) is 5.32 Å². The van der Waals surface area contributed by atoms with Crippen LogP contribution in [0.2, 0.25) is 0 Å². The summed E-state index contributed by atoms with van der Waals surface area (Å²) in [6, 6.07) is 20.9. The molecule has 0 fully saturated rings. The molecule has 0 aliphatic carbocycles. The largest absolute Gasteiger partial charge is 0.339 e. The first-order valence-corrected chi connectivity index (χ1v) is 9.70. The third-order valence-corrected chi connectivity index (χ3v) is 5.62. The van der Waals surface area contributed by atoms with Crippen LogP contribution in [0.25, 0.3) is 10.2 Å². The number of aromatic nitrogens is 2. The molecule has 130 valence electrons. The van der Waals surface area contributed by atoms with Crippen LogP contribution >= 0.6 is 11.3 Å². The van der Waals surface area contributed by atoms with Gasteiger partial charge in [-0.2, -0.15) is 0 Å². The molecule has 1 N–H and O–H groups in total. The maximum atomic E-state index is 4.86. The maximum Gasteiger partial charge on any atom is 0.142 e. The van der Waals surface area contributed by atoms with Crippen LogP contribution in [0.15, 0.2) is 60.7 Å². The fourth-order valence-corrected chi connectivity index (χ4v) is 3.97. The Kier molecular flexibility index (Phi) is 4.67. The third kappa shape index (κ3) is 3.46. The molecule has 2 aromatic carbocycles. The van der Waals surface area contributed by atoms with Crippen LogP contribution in [-0.4, -0.2) is 9.97 Å². The summed E-state index contributed by atoms with van der Waals surface area (Å²) in [4.78, 5) is 12.1. The van der Waals surface area contributed by atoms with Crippen molar-refractivity contribution < 1.29 is 0 Å². The van der Waals surface area contributed by atoms with Crippen molar-refractivity contribution in [2.24, 2.45) is 0 Å². The summed E-state index contributed by atoms with van der Waals surface area (Å²) in [5.74, 6) is 1.75. The van der Waals surface area contributed by atoms with Gasteiger partial charge < -0.3 is 5.32 Å². The number of rotatable bonds is 5. The van der Waals surface area contributed by atoms with Crippen LogP contribution in [0, 0.1) is 6.92 Å². The molecule has 0 aliphatic rings. The molecule has 0 radical (unpaired) electrons. The molecular formula is C22H21N3S. The molecule has 4 rings (SSSR count). The Hall–Kier alpha value is -2.72. The second kappa shape index (κ2) is 7.26. The number of nitrogens with zero attached hydrogens (tertiary/aromatic N) is 2. The fraction of sp³-hybridized carbons (Fsp3) is 0.182. The minimum Gasteiger partial charge on any atom is -0.339 e. The number of para-hydroxylation sites is 1. The molecule has 0 bridgehead atoms. The van der Waals surface area contributed by atoms with Gasteiger partial charge in [-0.25, -0.2) is 9.97 Å². The highest BCUT2D eigenvalue weighted by atomic mass is 32.1. The average molecular weight is 359 g/mol. The van der Waals surface area contributed by atoms with Crippen molar-refractivity contribution in [3.8, 4) is 0 Å². The molecule has 0 saturated carbocycles. The van der Waals surface area contributed by atoms with Gasteiger partial charge in [-0.3, -0.25) is 0 Å². The minimum atomic E-state index is 0.735. The van der Waals surface area contributed by atoms with E-state index in [0.29, 0.717) is 0 Å². The predicted molar refractivity (Wildman–Crippen MR) is 111 cm³/mol. The van der Waals surface area contributed by atoms with Crippen molar-refractivity contribution in [3.05, 3.63) is 82.5 Å². The normalized spacial score (nSPS) is 11.0. The zero-order valence-electron chi connectivity index (χ0n) is 15.0. The van der Waals surface area contributed by atoms with E-state index >= 15 is 0 Å². The minimum absolute atomic E-state index is 0.735. The van der Waals surface area contributed by atoms with E-state index in [9.17, 15) is 0 Å². The van der Waals surface area contributed by atoms with E-state index in [4.69, 9.17) is 9.97 Å². The summed E-state index contributed by atoms with van der Waals surface area (Å²) in [6.45, 7) is 4.29. The molecule has 2 heterocycles. The van der Waals surface area contributed by atoms with Crippen molar-refractivity contribution in [1.82, 2.24) is 9.97 Å². The zero-order chi connectivity index (χ0) is 17.9. The average Bonchev–Trinajstić information content (AvgIpc) is 3.08. The standard InChI is InChI=1S/C22H21N3S/c1-3-17-14-18-21(23-19-12-8-7-9-15(19)2)24-20(25-22(18)26-17)13-16-10-5-4-6-11-16/h4-12,14H,3,13H2,1-2H3,(H,23,24,25). The third-order valence-electron chi connectivity index (χ3n) is 4.44. The molecule has 4 heteroatoms. The fourth-order valence-electron chi connectivity index (χ4n) is 2.98. The number of hydrogen-bond acceptors (Lipinski definition) is 4. The van der Waals surface area contributed by atoms with Crippen molar-refractivity contribution in [2.45, 2.75) is 26.7 Å². The van der Waals surface area contributed by atoms with Crippen LogP contribution in [-0.2, 0) is 12.8 Å². The van der Waals surface area contributed by atoms with Crippen LogP contribution in [0.1, 0.15) is 28.8 Å². The summed E-state index contributed by atoms with van der Waals surface area (Å²) >= 11 is 1.76. The van der Waals surface area contributed by atoms with Gasteiger partial charge in [0.15, 0.2) is 0 Å². The molecule has 0 aliphatic heterocycles. The molecule has 26 heavy (non-hydrogen) atoms. The molecular weight excluding hydrogens is 338 g/mol. The van der Waals surface area contributed by atoms with E-state index in [2.05, 4.69) is 67.7 Å². The maximum absolute atomic E-state index is 4.86. The zero-order valence-corrected chi connectivity index (χ0v) is 15.8. The molecule has 0 amide bonds. The van der Waals surface area contributed by atoms with Gasteiger partial charge in [-0.05, 0) is 36.6 Å². The monoisotopic (exact) mass is 359 g/mol. The first-order valence-electron chi connectivity index (χ1n) is 8.89. The molecule has 4 aromatic rings. The number of hydrogen-bond donors (Lipinski definition) is 1. The van der Waals surface area contributed by atoms with E-state index in [1.807, 2.05) is 12.1 Å². The van der Waals surface area contributed by atoms with Crippen LogP contribution < -0.4 is 5.32 Å². The number of thiophene rings is 1. The van der Waals surface area contributed by atoms with E-state index in [-0.39, 0.29) is 0 Å². The van der Waals surface area contributed by atoms with Crippen LogP contribution in [0.4, 0.5) is 11.5 Å². The van der Waals surface area contributed by atoms with Crippen LogP contribution in [0.3, 0.4) is 0 Å². The molecule has 0 saturated heterocycles. The number of fused-ring (bicyclic) bond motifs is 1. The van der Waals surface area contributed by atoms with Gasteiger partial charge in [0, 0.05) is 17.0 Å². The summed E-state index contributed by atoms with van der Waals surface area (Å²) in [7, 11) is 0. The van der Waals surface area contributed by atoms with Crippen molar-refractivity contribution in [1.29, 1.82) is 0 Å². The summed E-state index contributed by atoms with van der Waals surface area (Å²) in [5.41, 5.74) is 3.51. The van der Waals surface area contributed by atoms with E-state index < -0.39 is 0 Å². The van der Waals surface area contributed by atoms with Gasteiger partial charge >= 0.3 is 0 Å². The quantitative estimate of drug-likeness (QED) is 0.482. The Morgan fingerprint density at radius 3 is 2.50 bits per heavy atom. The molecule has 0 atom stereocenters. The Labute approximate surface area is 157 Å². The molecule has 2 aromatic heterocycles. The van der Waals surface area contributed by atoms with Gasteiger partial charge in [0.2, 0.25) is 0 Å². The summed E-state index contributed by atoms with van der Waals surface area (Å²) in [6.07, 6.45) is 1.75. The molecule has 0 spiro atoms. The number of aryl methyl sites for hydroxylation is 2. The lowest BCUT2D eigenvalue weighted by molar-refractivity contribution is 0.999. The van der Waals surface area contributed by atoms with E-state index in [1.54, 1.807) is 11.3 Å². The first-order chi connectivity index (χ1) is 12.7. The highest BCUT2D eigenvalue weighted by Gasteiger charge is 2.13. The predicted octanol–water partition coefficient (Wildman–Crippen LogP) is 5.90. The van der Waals surface area contributed by atoms with Gasteiger partial charge in [-0.1, -0.05) is 55.5 Å². The number of benzene rings is 2. The summed E-state index contributed by atoms with van der Waals surface area (Å²) < 4.78 is 0.